The highest BCUT2D eigenvalue weighted by molar-refractivity contribution is 9.10. The summed E-state index contributed by atoms with van der Waals surface area (Å²) in [5, 5.41) is 13.7. The van der Waals surface area contributed by atoms with Gasteiger partial charge in [0.25, 0.3) is 0 Å². The number of anilines is 1. The number of nitro benzene ring substituents is 1. The third-order valence-electron chi connectivity index (χ3n) is 2.28. The maximum atomic E-state index is 13.5. The van der Waals surface area contributed by atoms with Gasteiger partial charge in [0.2, 0.25) is 11.6 Å². The molecule has 0 unspecified atom stereocenters. The highest BCUT2D eigenvalue weighted by Crippen LogP contribution is 2.34. The van der Waals surface area contributed by atoms with Crippen molar-refractivity contribution in [3.05, 3.63) is 44.9 Å². The van der Waals surface area contributed by atoms with Gasteiger partial charge >= 0.3 is 5.69 Å². The fourth-order valence-electron chi connectivity index (χ4n) is 1.37. The van der Waals surface area contributed by atoms with Crippen molar-refractivity contribution in [1.82, 2.24) is 9.97 Å². The number of hydrogen-bond donors (Lipinski definition) is 1. The van der Waals surface area contributed by atoms with E-state index in [9.17, 15) is 14.5 Å². The van der Waals surface area contributed by atoms with Crippen molar-refractivity contribution in [3.63, 3.8) is 0 Å². The average Bonchev–Trinajstić information content (AvgIpc) is 2.42. The fraction of sp³-hybridized carbons (Fsp3) is 0.0909. The molecule has 1 N–H and O–H groups in total. The van der Waals surface area contributed by atoms with Crippen LogP contribution in [0.1, 0.15) is 0 Å². The van der Waals surface area contributed by atoms with Gasteiger partial charge in [-0.1, -0.05) is 0 Å². The molecule has 0 amide bonds. The van der Waals surface area contributed by atoms with Gasteiger partial charge in [-0.05, 0) is 15.9 Å². The Kier molecular flexibility index (Phi) is 4.08. The van der Waals surface area contributed by atoms with Crippen LogP contribution in [-0.4, -0.2) is 21.9 Å². The molecule has 0 saturated carbocycles. The van der Waals surface area contributed by atoms with Gasteiger partial charge in [0.1, 0.15) is 11.6 Å². The number of nitro groups is 1. The number of nitrogens with zero attached hydrogens (tertiary/aromatic N) is 3. The largest absolute Gasteiger partial charge is 0.430 e. The van der Waals surface area contributed by atoms with E-state index in [1.165, 1.54) is 12.4 Å². The molecule has 9 heteroatoms. The van der Waals surface area contributed by atoms with Crippen LogP contribution in [-0.2, 0) is 0 Å². The number of nitrogens with one attached hydrogen (secondary N) is 1. The molecule has 0 aliphatic carbocycles. The topological polar surface area (TPSA) is 90.2 Å². The van der Waals surface area contributed by atoms with E-state index in [4.69, 9.17) is 4.74 Å². The third-order valence-corrected chi connectivity index (χ3v) is 2.89. The molecule has 0 fully saturated rings. The van der Waals surface area contributed by atoms with Crippen LogP contribution in [0.15, 0.2) is 29.0 Å². The van der Waals surface area contributed by atoms with Crippen molar-refractivity contribution >= 4 is 27.4 Å². The second kappa shape index (κ2) is 5.78. The minimum Gasteiger partial charge on any atom is -0.430 e. The van der Waals surface area contributed by atoms with Crippen LogP contribution >= 0.6 is 15.9 Å². The number of hydrogen-bond acceptors (Lipinski definition) is 6. The van der Waals surface area contributed by atoms with Crippen molar-refractivity contribution < 1.29 is 14.1 Å². The molecule has 0 aliphatic rings. The first-order valence-corrected chi connectivity index (χ1v) is 6.11. The van der Waals surface area contributed by atoms with Crippen molar-refractivity contribution in [2.24, 2.45) is 0 Å². The summed E-state index contributed by atoms with van der Waals surface area (Å²) in [6, 6.07) is 1.94. The molecular weight excluding hydrogens is 335 g/mol. The fourth-order valence-corrected chi connectivity index (χ4v) is 1.70. The van der Waals surface area contributed by atoms with Crippen molar-refractivity contribution in [2.75, 3.05) is 12.4 Å². The van der Waals surface area contributed by atoms with Crippen molar-refractivity contribution in [3.8, 4) is 11.6 Å². The zero-order chi connectivity index (χ0) is 14.7. The predicted molar refractivity (Wildman–Crippen MR) is 72.4 cm³/mol. The monoisotopic (exact) mass is 342 g/mol. The summed E-state index contributed by atoms with van der Waals surface area (Å²) in [6.45, 7) is 0. The lowest BCUT2D eigenvalue weighted by Crippen LogP contribution is -1.99. The van der Waals surface area contributed by atoms with Crippen molar-refractivity contribution in [2.45, 2.75) is 0 Å². The van der Waals surface area contributed by atoms with Crippen LogP contribution < -0.4 is 10.1 Å². The van der Waals surface area contributed by atoms with Gasteiger partial charge in [0, 0.05) is 19.2 Å². The summed E-state index contributed by atoms with van der Waals surface area (Å²) in [6.07, 6.45) is 2.72. The van der Waals surface area contributed by atoms with Crippen molar-refractivity contribution in [1.29, 1.82) is 0 Å². The van der Waals surface area contributed by atoms with Crippen LogP contribution in [0.3, 0.4) is 0 Å². The van der Waals surface area contributed by atoms with E-state index in [2.05, 4.69) is 31.2 Å². The van der Waals surface area contributed by atoms with Crippen LogP contribution in [0.5, 0.6) is 11.6 Å². The molecule has 0 spiro atoms. The van der Waals surface area contributed by atoms with E-state index < -0.39 is 10.7 Å². The number of benzene rings is 1. The van der Waals surface area contributed by atoms with E-state index in [-0.39, 0.29) is 21.8 Å². The van der Waals surface area contributed by atoms with E-state index >= 15 is 0 Å². The summed E-state index contributed by atoms with van der Waals surface area (Å²) >= 11 is 2.88. The Morgan fingerprint density at radius 1 is 1.45 bits per heavy atom. The Morgan fingerprint density at radius 3 is 2.85 bits per heavy atom. The van der Waals surface area contributed by atoms with Gasteiger partial charge in [0.15, 0.2) is 0 Å². The highest BCUT2D eigenvalue weighted by Gasteiger charge is 2.20. The first-order valence-electron chi connectivity index (χ1n) is 5.32. The molecule has 1 heterocycles. The smallest absolute Gasteiger partial charge is 0.312 e. The first kappa shape index (κ1) is 14.1. The lowest BCUT2D eigenvalue weighted by atomic mass is 10.3. The van der Waals surface area contributed by atoms with Gasteiger partial charge in [-0.25, -0.2) is 4.39 Å². The van der Waals surface area contributed by atoms with Gasteiger partial charge in [-0.2, -0.15) is 4.98 Å². The second-order valence-electron chi connectivity index (χ2n) is 3.59. The Morgan fingerprint density at radius 2 is 2.20 bits per heavy atom. The number of ether oxygens (including phenoxy) is 1. The maximum absolute atomic E-state index is 13.5. The molecule has 1 aromatic heterocycles. The number of rotatable bonds is 4. The summed E-state index contributed by atoms with van der Waals surface area (Å²) in [4.78, 5) is 18.1. The summed E-state index contributed by atoms with van der Waals surface area (Å²) in [5.41, 5.74) is -0.380. The highest BCUT2D eigenvalue weighted by atomic mass is 79.9. The molecule has 0 atom stereocenters. The summed E-state index contributed by atoms with van der Waals surface area (Å²) < 4.78 is 18.7. The van der Waals surface area contributed by atoms with Crippen LogP contribution in [0.4, 0.5) is 15.9 Å². The number of halogens is 2. The summed E-state index contributed by atoms with van der Waals surface area (Å²) in [7, 11) is 1.63. The Hall–Kier alpha value is -2.29. The number of aromatic nitrogens is 2. The second-order valence-corrected chi connectivity index (χ2v) is 4.44. The minimum absolute atomic E-state index is 0.0154. The van der Waals surface area contributed by atoms with Gasteiger partial charge in [0.05, 0.1) is 21.8 Å². The standard InChI is InChI=1S/C11H8BrFN4O3/c1-14-10-4-15-5-11(16-10)20-9-3-7(13)6(12)2-8(9)17(18)19/h2-5H,1H3,(H,14,16). The SMILES string of the molecule is CNc1cncc(Oc2cc(F)c(Br)cc2[N+](=O)[O-])n1. The van der Waals surface area contributed by atoms with Crippen LogP contribution in [0, 0.1) is 15.9 Å². The van der Waals surface area contributed by atoms with E-state index in [0.717, 1.165) is 12.1 Å². The summed E-state index contributed by atoms with van der Waals surface area (Å²) in [5.74, 6) is -0.494. The Bertz CT molecular complexity index is 668. The zero-order valence-electron chi connectivity index (χ0n) is 10.1. The van der Waals surface area contributed by atoms with Crippen LogP contribution in [0.2, 0.25) is 0 Å². The van der Waals surface area contributed by atoms with Gasteiger partial charge in [-0.15, -0.1) is 0 Å². The molecule has 2 aromatic rings. The predicted octanol–water partition coefficient (Wildman–Crippen LogP) is 3.12. The molecule has 20 heavy (non-hydrogen) atoms. The zero-order valence-corrected chi connectivity index (χ0v) is 11.7. The lowest BCUT2D eigenvalue weighted by Gasteiger charge is -2.07. The van der Waals surface area contributed by atoms with Gasteiger partial charge in [-0.3, -0.25) is 15.1 Å². The molecule has 0 saturated heterocycles. The average molecular weight is 343 g/mol. The molecule has 2 rings (SSSR count). The van der Waals surface area contributed by atoms with E-state index in [1.54, 1.807) is 7.05 Å². The molecule has 104 valence electrons. The van der Waals surface area contributed by atoms with E-state index in [0.29, 0.717) is 5.82 Å². The molecule has 7 nitrogen and oxygen atoms in total. The molecule has 0 aliphatic heterocycles. The first-order chi connectivity index (χ1) is 9.51. The van der Waals surface area contributed by atoms with Crippen LogP contribution in [0.25, 0.3) is 0 Å². The molecule has 0 radical (unpaired) electrons. The maximum Gasteiger partial charge on any atom is 0.312 e. The quantitative estimate of drug-likeness (QED) is 0.678. The minimum atomic E-state index is -0.677. The van der Waals surface area contributed by atoms with Gasteiger partial charge < -0.3 is 10.1 Å². The normalized spacial score (nSPS) is 10.2. The van der Waals surface area contributed by atoms with E-state index in [1.807, 2.05) is 0 Å². The Balaban J connectivity index is 2.41. The third kappa shape index (κ3) is 2.99. The lowest BCUT2D eigenvalue weighted by molar-refractivity contribution is -0.385. The molecular formula is C11H8BrFN4O3. The molecule has 0 bridgehead atoms. The Labute approximate surface area is 121 Å². The molecule has 1 aromatic carbocycles.